The highest BCUT2D eigenvalue weighted by atomic mass is 32.2. The van der Waals surface area contributed by atoms with Crippen LogP contribution in [0.25, 0.3) is 0 Å². The number of hydrogen-bond donors (Lipinski definition) is 2. The first kappa shape index (κ1) is 33.7. The molecule has 2 atom stereocenters. The summed E-state index contributed by atoms with van der Waals surface area (Å²) < 4.78 is 47.3. The summed E-state index contributed by atoms with van der Waals surface area (Å²) in [5.41, 5.74) is -0.646. The van der Waals surface area contributed by atoms with Crippen molar-refractivity contribution >= 4 is 44.8 Å². The Morgan fingerprint density at radius 1 is 0.600 bits per heavy atom. The maximum Gasteiger partial charge on any atom is 0.239 e. The molecular formula is C30H32N2O12S. The topological polar surface area (TPSA) is 198 Å². The fraction of sp³-hybridized carbons (Fsp3) is 0.400. The van der Waals surface area contributed by atoms with Crippen molar-refractivity contribution in [1.82, 2.24) is 10.6 Å². The van der Waals surface area contributed by atoms with Gasteiger partial charge in [0.15, 0.2) is 35.0 Å². The van der Waals surface area contributed by atoms with Crippen molar-refractivity contribution < 1.29 is 56.1 Å². The number of carbonyl (C=O) groups is 6. The van der Waals surface area contributed by atoms with E-state index in [1.165, 1.54) is 14.2 Å². The lowest BCUT2D eigenvalue weighted by Crippen LogP contribution is -2.38. The van der Waals surface area contributed by atoms with Gasteiger partial charge in [-0.15, -0.1) is 0 Å². The van der Waals surface area contributed by atoms with Gasteiger partial charge in [-0.2, -0.15) is 0 Å². The van der Waals surface area contributed by atoms with Crippen molar-refractivity contribution in [1.29, 1.82) is 0 Å². The molecular weight excluding hydrogens is 612 g/mol. The predicted molar refractivity (Wildman–Crippen MR) is 154 cm³/mol. The van der Waals surface area contributed by atoms with E-state index in [4.69, 9.17) is 18.9 Å². The minimum absolute atomic E-state index is 0.0426. The Hall–Kier alpha value is -4.15. The summed E-state index contributed by atoms with van der Waals surface area (Å²) in [6, 6.07) is 6.58. The SMILES string of the molecule is COCCOCCNC(=O)C1C(=O)c2ccc(S(=O)(=O)c3ccc4c(c3)C(=O)C(C(=O)NCCOCCOC)C4=O)cc2C1=O. The molecule has 2 aromatic carbocycles. The first-order valence-corrected chi connectivity index (χ1v) is 15.4. The van der Waals surface area contributed by atoms with Crippen molar-refractivity contribution in [3.05, 3.63) is 58.7 Å². The quantitative estimate of drug-likeness (QED) is 0.185. The van der Waals surface area contributed by atoms with E-state index >= 15 is 0 Å². The van der Waals surface area contributed by atoms with E-state index in [-0.39, 0.29) is 58.3 Å². The van der Waals surface area contributed by atoms with Gasteiger partial charge >= 0.3 is 0 Å². The van der Waals surface area contributed by atoms with Crippen LogP contribution in [0.1, 0.15) is 41.4 Å². The fourth-order valence-corrected chi connectivity index (χ4v) is 6.19. The van der Waals surface area contributed by atoms with Gasteiger partial charge in [-0.3, -0.25) is 28.8 Å². The monoisotopic (exact) mass is 644 g/mol. The smallest absolute Gasteiger partial charge is 0.239 e. The Bertz CT molecular complexity index is 1520. The Morgan fingerprint density at radius 3 is 1.36 bits per heavy atom. The van der Waals surface area contributed by atoms with Crippen LogP contribution in [0, 0.1) is 11.8 Å². The van der Waals surface area contributed by atoms with Crippen molar-refractivity contribution in [2.24, 2.45) is 11.8 Å². The van der Waals surface area contributed by atoms with Gasteiger partial charge in [0.25, 0.3) is 0 Å². The van der Waals surface area contributed by atoms with Crippen LogP contribution in [0.5, 0.6) is 0 Å². The Morgan fingerprint density at radius 2 is 0.978 bits per heavy atom. The van der Waals surface area contributed by atoms with Crippen molar-refractivity contribution in [2.75, 3.05) is 67.0 Å². The molecule has 4 rings (SSSR count). The van der Waals surface area contributed by atoms with E-state index in [9.17, 15) is 37.2 Å². The summed E-state index contributed by atoms with van der Waals surface area (Å²) >= 11 is 0. The van der Waals surface area contributed by atoms with Crippen LogP contribution < -0.4 is 10.6 Å². The third kappa shape index (κ3) is 7.07. The molecule has 14 nitrogen and oxygen atoms in total. The lowest BCUT2D eigenvalue weighted by molar-refractivity contribution is -0.123. The van der Waals surface area contributed by atoms with Crippen molar-refractivity contribution in [2.45, 2.75) is 9.79 Å². The van der Waals surface area contributed by atoms with E-state index in [1.54, 1.807) is 0 Å². The van der Waals surface area contributed by atoms with Gasteiger partial charge in [0.1, 0.15) is 0 Å². The minimum atomic E-state index is -4.37. The van der Waals surface area contributed by atoms with Gasteiger partial charge in [-0.05, 0) is 36.4 Å². The Kier molecular flexibility index (Phi) is 11.1. The number of ketones is 4. The summed E-state index contributed by atoms with van der Waals surface area (Å²) in [7, 11) is -1.36. The molecule has 0 aliphatic heterocycles. The second-order valence-corrected chi connectivity index (χ2v) is 12.0. The molecule has 0 bridgehead atoms. The number of fused-ring (bicyclic) bond motifs is 2. The fourth-order valence-electron chi connectivity index (χ4n) is 4.88. The van der Waals surface area contributed by atoms with E-state index in [0.717, 1.165) is 36.4 Å². The van der Waals surface area contributed by atoms with Crippen LogP contribution in [0.3, 0.4) is 0 Å². The third-order valence-electron chi connectivity index (χ3n) is 7.19. The van der Waals surface area contributed by atoms with Crippen LogP contribution >= 0.6 is 0 Å². The highest BCUT2D eigenvalue weighted by molar-refractivity contribution is 7.91. The number of nitrogens with one attached hydrogen (secondary N) is 2. The maximum atomic E-state index is 13.5. The number of rotatable bonds is 16. The number of amides is 2. The number of carbonyl (C=O) groups excluding carboxylic acids is 6. The Balaban J connectivity index is 1.47. The summed E-state index contributed by atoms with van der Waals surface area (Å²) in [5.74, 6) is -8.22. The molecule has 0 spiro atoms. The van der Waals surface area contributed by atoms with Crippen LogP contribution in [0.2, 0.25) is 0 Å². The highest BCUT2D eigenvalue weighted by Crippen LogP contribution is 2.34. The van der Waals surface area contributed by atoms with Gasteiger partial charge < -0.3 is 29.6 Å². The molecule has 45 heavy (non-hydrogen) atoms. The molecule has 2 aliphatic rings. The van der Waals surface area contributed by atoms with Crippen LogP contribution in [0.4, 0.5) is 0 Å². The third-order valence-corrected chi connectivity index (χ3v) is 8.94. The second-order valence-electron chi connectivity index (χ2n) is 10.0. The van der Waals surface area contributed by atoms with Gasteiger partial charge in [0.2, 0.25) is 21.7 Å². The number of hydrogen-bond acceptors (Lipinski definition) is 12. The molecule has 0 heterocycles. The summed E-state index contributed by atoms with van der Waals surface area (Å²) in [6.45, 7) is 1.66. The number of ether oxygens (including phenoxy) is 4. The maximum absolute atomic E-state index is 13.5. The molecule has 15 heteroatoms. The first-order chi connectivity index (χ1) is 21.5. The van der Waals surface area contributed by atoms with E-state index in [1.807, 2.05) is 0 Å². The van der Waals surface area contributed by atoms with E-state index in [0.29, 0.717) is 26.4 Å². The number of methoxy groups -OCH3 is 2. The lowest BCUT2D eigenvalue weighted by Gasteiger charge is -2.09. The molecule has 2 aromatic rings. The van der Waals surface area contributed by atoms with Crippen molar-refractivity contribution in [3.8, 4) is 0 Å². The zero-order chi connectivity index (χ0) is 32.7. The predicted octanol–water partition coefficient (Wildman–Crippen LogP) is 0.0682. The summed E-state index contributed by atoms with van der Waals surface area (Å²) in [6.07, 6.45) is 0. The largest absolute Gasteiger partial charge is 0.382 e. The number of sulfone groups is 1. The number of Topliss-reactive ketones (excluding diaryl/α,β-unsaturated/α-hetero) is 4. The molecule has 2 amide bonds. The summed E-state index contributed by atoms with van der Waals surface area (Å²) in [5, 5.41) is 4.94. The van der Waals surface area contributed by atoms with Gasteiger partial charge in [0, 0.05) is 49.6 Å². The lowest BCUT2D eigenvalue weighted by atomic mass is 10.0. The van der Waals surface area contributed by atoms with Gasteiger partial charge in [-0.25, -0.2) is 8.42 Å². The molecule has 2 unspecified atom stereocenters. The molecule has 0 saturated heterocycles. The molecule has 0 fully saturated rings. The van der Waals surface area contributed by atoms with Gasteiger partial charge in [0.05, 0.1) is 49.4 Å². The average Bonchev–Trinajstić information content (AvgIpc) is 3.43. The standard InChI is InChI=1S/C30H32N2O12S/c1-41-11-13-43-9-7-31-29(37)23-25(33)19-5-3-17(15-21(19)27(23)35)45(39,40)18-4-6-20-22(16-18)28(36)24(26(20)34)30(38)32-8-10-44-14-12-42-2/h3-6,15-16,23-24H,7-14H2,1-2H3,(H,31,37)(H,32,38). The van der Waals surface area contributed by atoms with E-state index < -0.39 is 56.6 Å². The summed E-state index contributed by atoms with van der Waals surface area (Å²) in [4.78, 5) is 76.4. The minimum Gasteiger partial charge on any atom is -0.382 e. The van der Waals surface area contributed by atoms with Crippen LogP contribution in [0.15, 0.2) is 46.2 Å². The normalized spacial score (nSPS) is 17.4. The molecule has 2 aliphatic carbocycles. The molecule has 0 saturated carbocycles. The van der Waals surface area contributed by atoms with Crippen LogP contribution in [-0.4, -0.2) is 110 Å². The molecule has 240 valence electrons. The zero-order valence-corrected chi connectivity index (χ0v) is 25.4. The van der Waals surface area contributed by atoms with Crippen molar-refractivity contribution in [3.63, 3.8) is 0 Å². The molecule has 0 aromatic heterocycles. The number of benzene rings is 2. The highest BCUT2D eigenvalue weighted by Gasteiger charge is 2.45. The van der Waals surface area contributed by atoms with Gasteiger partial charge in [-0.1, -0.05) is 0 Å². The molecule has 2 N–H and O–H groups in total. The second kappa shape index (κ2) is 14.8. The Labute approximate surface area is 258 Å². The van der Waals surface area contributed by atoms with E-state index in [2.05, 4.69) is 10.6 Å². The van der Waals surface area contributed by atoms with Crippen LogP contribution in [-0.2, 0) is 38.4 Å². The zero-order valence-electron chi connectivity index (χ0n) is 24.6. The molecule has 0 radical (unpaired) electrons. The first-order valence-electron chi connectivity index (χ1n) is 13.9. The average molecular weight is 645 g/mol.